The molecule has 0 atom stereocenters. The number of pyridine rings is 1. The van der Waals surface area contributed by atoms with Gasteiger partial charge < -0.3 is 4.74 Å². The Morgan fingerprint density at radius 1 is 1.00 bits per heavy atom. The fraction of sp³-hybridized carbons (Fsp3) is 0.227. The second kappa shape index (κ2) is 11.0. The number of nitrogens with zero attached hydrogens (tertiary/aromatic N) is 3. The molecular formula is C22H20F3N5O3S. The molecule has 0 aliphatic carbocycles. The summed E-state index contributed by atoms with van der Waals surface area (Å²) in [6.07, 6.45) is -3.40. The van der Waals surface area contributed by atoms with Crippen LogP contribution in [-0.2, 0) is 5.75 Å². The molecule has 0 radical (unpaired) electrons. The molecule has 0 saturated carbocycles. The molecule has 0 bridgehead atoms. The highest BCUT2D eigenvalue weighted by molar-refractivity contribution is 7.98. The summed E-state index contributed by atoms with van der Waals surface area (Å²) in [6.45, 7) is 2.20. The average molecular weight is 491 g/mol. The number of amides is 2. The third kappa shape index (κ3) is 7.44. The maximum absolute atomic E-state index is 12.4. The first-order valence-electron chi connectivity index (χ1n) is 9.90. The number of ether oxygens (including phenoxy) is 1. The largest absolute Gasteiger partial charge is 0.467 e. The van der Waals surface area contributed by atoms with Crippen molar-refractivity contribution in [3.05, 3.63) is 76.7 Å². The lowest BCUT2D eigenvalue weighted by molar-refractivity contribution is -0.154. The number of halogens is 3. The maximum Gasteiger partial charge on any atom is 0.422 e. The molecule has 2 aromatic heterocycles. The number of aryl methyl sites for hydroxylation is 2. The summed E-state index contributed by atoms with van der Waals surface area (Å²) in [6, 6.07) is 11.2. The van der Waals surface area contributed by atoms with Gasteiger partial charge in [-0.15, -0.1) is 0 Å². The number of hydrogen-bond donors (Lipinski definition) is 2. The molecule has 12 heteroatoms. The molecule has 0 aliphatic heterocycles. The van der Waals surface area contributed by atoms with E-state index in [4.69, 9.17) is 0 Å². The van der Waals surface area contributed by atoms with Gasteiger partial charge in [-0.2, -0.15) is 13.2 Å². The first-order valence-corrected chi connectivity index (χ1v) is 10.9. The predicted molar refractivity (Wildman–Crippen MR) is 118 cm³/mol. The number of carbonyl (C=O) groups excluding carboxylic acids is 2. The number of aromatic nitrogens is 3. The van der Waals surface area contributed by atoms with E-state index < -0.39 is 30.5 Å². The van der Waals surface area contributed by atoms with Crippen molar-refractivity contribution in [3.63, 3.8) is 0 Å². The van der Waals surface area contributed by atoms with Gasteiger partial charge in [0, 0.05) is 28.9 Å². The average Bonchev–Trinajstić information content (AvgIpc) is 2.79. The molecule has 0 unspecified atom stereocenters. The Balaban J connectivity index is 1.54. The summed E-state index contributed by atoms with van der Waals surface area (Å²) in [5.74, 6) is -1.38. The SMILES string of the molecule is Cc1cc(C)nc(SCc2ccc(C(=O)NNC(=O)c3cccnc3OCC(F)(F)F)cc2)n1. The molecule has 0 saturated heterocycles. The van der Waals surface area contributed by atoms with E-state index in [1.807, 2.05) is 19.9 Å². The lowest BCUT2D eigenvalue weighted by Crippen LogP contribution is -2.41. The topological polar surface area (TPSA) is 106 Å². The molecule has 0 fully saturated rings. The standard InChI is InChI=1S/C22H20F3N5O3S/c1-13-10-14(2)28-21(27-13)34-11-15-5-7-16(8-6-15)18(31)29-30-19(32)17-4-3-9-26-20(17)33-12-22(23,24)25/h3-10H,11-12H2,1-2H3,(H,29,31)(H,30,32). The molecule has 2 amide bonds. The van der Waals surface area contributed by atoms with Crippen molar-refractivity contribution in [1.82, 2.24) is 25.8 Å². The quantitative estimate of drug-likeness (QED) is 0.294. The summed E-state index contributed by atoms with van der Waals surface area (Å²) in [7, 11) is 0. The van der Waals surface area contributed by atoms with Crippen molar-refractivity contribution in [2.45, 2.75) is 30.9 Å². The van der Waals surface area contributed by atoms with Crippen molar-refractivity contribution < 1.29 is 27.5 Å². The Hall–Kier alpha value is -3.67. The van der Waals surface area contributed by atoms with Crippen LogP contribution in [0.15, 0.2) is 53.8 Å². The van der Waals surface area contributed by atoms with Crippen LogP contribution in [0, 0.1) is 13.8 Å². The van der Waals surface area contributed by atoms with E-state index in [1.54, 1.807) is 24.3 Å². The van der Waals surface area contributed by atoms with Crippen LogP contribution in [0.25, 0.3) is 0 Å². The Kier molecular flexibility index (Phi) is 8.05. The van der Waals surface area contributed by atoms with E-state index >= 15 is 0 Å². The number of carbonyl (C=O) groups is 2. The minimum absolute atomic E-state index is 0.256. The van der Waals surface area contributed by atoms with E-state index in [2.05, 4.69) is 30.5 Å². The van der Waals surface area contributed by atoms with Gasteiger partial charge >= 0.3 is 6.18 Å². The number of benzene rings is 1. The summed E-state index contributed by atoms with van der Waals surface area (Å²) < 4.78 is 41.8. The van der Waals surface area contributed by atoms with Crippen LogP contribution in [-0.4, -0.2) is 39.5 Å². The molecular weight excluding hydrogens is 471 g/mol. The number of thioether (sulfide) groups is 1. The van der Waals surface area contributed by atoms with E-state index in [0.29, 0.717) is 10.9 Å². The Labute approximate surface area is 197 Å². The fourth-order valence-electron chi connectivity index (χ4n) is 2.74. The number of hydrazine groups is 1. The fourth-order valence-corrected chi connectivity index (χ4v) is 3.65. The van der Waals surface area contributed by atoms with Gasteiger partial charge in [-0.05, 0) is 49.7 Å². The number of rotatable bonds is 7. The summed E-state index contributed by atoms with van der Waals surface area (Å²) in [5, 5.41) is 0.663. The first kappa shape index (κ1) is 25.0. The van der Waals surface area contributed by atoms with Gasteiger partial charge in [-0.25, -0.2) is 15.0 Å². The summed E-state index contributed by atoms with van der Waals surface area (Å²) in [5.41, 5.74) is 7.09. The van der Waals surface area contributed by atoms with Crippen LogP contribution in [0.2, 0.25) is 0 Å². The lowest BCUT2D eigenvalue weighted by atomic mass is 10.1. The van der Waals surface area contributed by atoms with Gasteiger partial charge in [-0.3, -0.25) is 20.4 Å². The molecule has 3 aromatic rings. The van der Waals surface area contributed by atoms with Gasteiger partial charge in [0.2, 0.25) is 5.88 Å². The van der Waals surface area contributed by atoms with E-state index in [-0.39, 0.29) is 11.1 Å². The zero-order chi connectivity index (χ0) is 24.7. The molecule has 2 N–H and O–H groups in total. The number of hydrogen-bond acceptors (Lipinski definition) is 7. The minimum atomic E-state index is -4.59. The Morgan fingerprint density at radius 2 is 1.65 bits per heavy atom. The van der Waals surface area contributed by atoms with Crippen molar-refractivity contribution in [1.29, 1.82) is 0 Å². The van der Waals surface area contributed by atoms with Gasteiger partial charge in [0.05, 0.1) is 0 Å². The Morgan fingerprint density at radius 3 is 2.29 bits per heavy atom. The zero-order valence-corrected chi connectivity index (χ0v) is 19.0. The van der Waals surface area contributed by atoms with E-state index in [0.717, 1.165) is 17.0 Å². The third-order valence-electron chi connectivity index (χ3n) is 4.22. The summed E-state index contributed by atoms with van der Waals surface area (Å²) >= 11 is 1.47. The molecule has 8 nitrogen and oxygen atoms in total. The van der Waals surface area contributed by atoms with Crippen LogP contribution in [0.5, 0.6) is 5.88 Å². The molecule has 2 heterocycles. The predicted octanol–water partition coefficient (Wildman–Crippen LogP) is 3.80. The third-order valence-corrected chi connectivity index (χ3v) is 5.14. The summed E-state index contributed by atoms with van der Waals surface area (Å²) in [4.78, 5) is 37.0. The highest BCUT2D eigenvalue weighted by atomic mass is 32.2. The van der Waals surface area contributed by atoms with Crippen LogP contribution in [0.3, 0.4) is 0 Å². The normalized spacial score (nSPS) is 11.1. The molecule has 0 aliphatic rings. The second-order valence-corrected chi connectivity index (χ2v) is 8.03. The van der Waals surface area contributed by atoms with Crippen molar-refractivity contribution in [3.8, 4) is 5.88 Å². The van der Waals surface area contributed by atoms with Crippen LogP contribution in [0.4, 0.5) is 13.2 Å². The van der Waals surface area contributed by atoms with Crippen LogP contribution in [0.1, 0.15) is 37.7 Å². The smallest absolute Gasteiger partial charge is 0.422 e. The number of nitrogens with one attached hydrogen (secondary N) is 2. The van der Waals surface area contributed by atoms with Crippen molar-refractivity contribution in [2.75, 3.05) is 6.61 Å². The van der Waals surface area contributed by atoms with E-state index in [9.17, 15) is 22.8 Å². The monoisotopic (exact) mass is 491 g/mol. The minimum Gasteiger partial charge on any atom is -0.467 e. The molecule has 178 valence electrons. The van der Waals surface area contributed by atoms with Gasteiger partial charge in [0.1, 0.15) is 5.56 Å². The highest BCUT2D eigenvalue weighted by Crippen LogP contribution is 2.21. The second-order valence-electron chi connectivity index (χ2n) is 7.09. The van der Waals surface area contributed by atoms with Crippen LogP contribution < -0.4 is 15.6 Å². The van der Waals surface area contributed by atoms with Gasteiger partial charge in [0.15, 0.2) is 11.8 Å². The van der Waals surface area contributed by atoms with Crippen LogP contribution >= 0.6 is 11.8 Å². The Bertz CT molecular complexity index is 1150. The first-order chi connectivity index (χ1) is 16.1. The van der Waals surface area contributed by atoms with Gasteiger partial charge in [0.25, 0.3) is 11.8 Å². The molecule has 0 spiro atoms. The van der Waals surface area contributed by atoms with Crippen molar-refractivity contribution in [2.24, 2.45) is 0 Å². The highest BCUT2D eigenvalue weighted by Gasteiger charge is 2.29. The lowest BCUT2D eigenvalue weighted by Gasteiger charge is -2.12. The maximum atomic E-state index is 12.4. The van der Waals surface area contributed by atoms with Crippen molar-refractivity contribution >= 4 is 23.6 Å². The number of alkyl halides is 3. The van der Waals surface area contributed by atoms with E-state index in [1.165, 1.54) is 30.1 Å². The molecule has 1 aromatic carbocycles. The molecule has 34 heavy (non-hydrogen) atoms. The molecule has 3 rings (SSSR count). The zero-order valence-electron chi connectivity index (χ0n) is 18.1. The van der Waals surface area contributed by atoms with Gasteiger partial charge in [-0.1, -0.05) is 23.9 Å².